The molecule has 1 unspecified atom stereocenters. The number of carbonyl (C=O) groups excluding carboxylic acids is 1. The van der Waals surface area contributed by atoms with E-state index in [0.717, 1.165) is 44.9 Å². The van der Waals surface area contributed by atoms with E-state index in [1.54, 1.807) is 0 Å². The van der Waals surface area contributed by atoms with Crippen molar-refractivity contribution < 1.29 is 9.53 Å². The van der Waals surface area contributed by atoms with Gasteiger partial charge in [0, 0.05) is 31.8 Å². The number of hydrogen-bond acceptors (Lipinski definition) is 3. The van der Waals surface area contributed by atoms with E-state index >= 15 is 0 Å². The van der Waals surface area contributed by atoms with Crippen LogP contribution in [0.2, 0.25) is 0 Å². The van der Waals surface area contributed by atoms with Gasteiger partial charge in [-0.25, -0.2) is 0 Å². The van der Waals surface area contributed by atoms with Crippen molar-refractivity contribution in [3.05, 3.63) is 35.9 Å². The third kappa shape index (κ3) is 6.74. The summed E-state index contributed by atoms with van der Waals surface area (Å²) < 4.78 is 5.77. The Morgan fingerprint density at radius 1 is 1.20 bits per heavy atom. The minimum atomic E-state index is -0.133. The highest BCUT2D eigenvalue weighted by Gasteiger charge is 2.29. The Hall–Kier alpha value is -2.08. The van der Waals surface area contributed by atoms with Crippen molar-refractivity contribution in [1.29, 1.82) is 0 Å². The van der Waals surface area contributed by atoms with Gasteiger partial charge < -0.3 is 20.7 Å². The molecule has 1 heterocycles. The van der Waals surface area contributed by atoms with E-state index < -0.39 is 0 Å². The number of amides is 1. The van der Waals surface area contributed by atoms with Crippen LogP contribution in [0.4, 0.5) is 0 Å². The van der Waals surface area contributed by atoms with Crippen molar-refractivity contribution in [2.75, 3.05) is 32.8 Å². The normalized spacial score (nSPS) is 20.3. The summed E-state index contributed by atoms with van der Waals surface area (Å²) in [6.45, 7) is 7.84. The third-order valence-corrected chi connectivity index (χ3v) is 4.18. The van der Waals surface area contributed by atoms with E-state index in [9.17, 15) is 4.79 Å². The predicted molar refractivity (Wildman–Crippen MR) is 101 cm³/mol. The molecule has 1 amide bonds. The van der Waals surface area contributed by atoms with Crippen molar-refractivity contribution in [1.82, 2.24) is 16.0 Å². The second-order valence-electron chi connectivity index (χ2n) is 6.50. The van der Waals surface area contributed by atoms with Gasteiger partial charge in [0.1, 0.15) is 0 Å². The minimum Gasteiger partial charge on any atom is -0.373 e. The van der Waals surface area contributed by atoms with E-state index in [4.69, 9.17) is 4.74 Å². The monoisotopic (exact) mass is 346 g/mol. The molecule has 0 aliphatic carbocycles. The first-order valence-electron chi connectivity index (χ1n) is 9.12. The van der Waals surface area contributed by atoms with Crippen LogP contribution < -0.4 is 16.0 Å². The van der Waals surface area contributed by atoms with E-state index in [0.29, 0.717) is 18.7 Å². The highest BCUT2D eigenvalue weighted by Crippen LogP contribution is 2.24. The molecule has 0 saturated carbocycles. The lowest BCUT2D eigenvalue weighted by molar-refractivity contribution is 0.0283. The van der Waals surface area contributed by atoms with Gasteiger partial charge in [0.25, 0.3) is 5.91 Å². The smallest absolute Gasteiger partial charge is 0.251 e. The summed E-state index contributed by atoms with van der Waals surface area (Å²) in [7, 11) is 0. The summed E-state index contributed by atoms with van der Waals surface area (Å²) in [6, 6.07) is 9.26. The molecule has 6 nitrogen and oxygen atoms in total. The average Bonchev–Trinajstić information content (AvgIpc) is 3.07. The van der Waals surface area contributed by atoms with Gasteiger partial charge in [-0.2, -0.15) is 0 Å². The van der Waals surface area contributed by atoms with Gasteiger partial charge in [-0.05, 0) is 45.2 Å². The molecule has 2 rings (SSSR count). The van der Waals surface area contributed by atoms with Gasteiger partial charge >= 0.3 is 0 Å². The summed E-state index contributed by atoms with van der Waals surface area (Å²) in [5, 5.41) is 9.48. The zero-order chi connectivity index (χ0) is 18.0. The minimum absolute atomic E-state index is 0.0347. The molecule has 6 heteroatoms. The van der Waals surface area contributed by atoms with Gasteiger partial charge in [-0.3, -0.25) is 9.79 Å². The van der Waals surface area contributed by atoms with E-state index in [1.807, 2.05) is 37.3 Å². The van der Waals surface area contributed by atoms with Crippen LogP contribution in [0.1, 0.15) is 43.5 Å². The number of nitrogens with one attached hydrogen (secondary N) is 3. The zero-order valence-electron chi connectivity index (χ0n) is 15.3. The summed E-state index contributed by atoms with van der Waals surface area (Å²) in [5.41, 5.74) is 0.557. The molecule has 0 radical (unpaired) electrons. The molecule has 1 saturated heterocycles. The number of hydrogen-bond donors (Lipinski definition) is 3. The first-order valence-corrected chi connectivity index (χ1v) is 9.12. The van der Waals surface area contributed by atoms with Crippen LogP contribution in [-0.4, -0.2) is 50.3 Å². The fourth-order valence-corrected chi connectivity index (χ4v) is 2.74. The van der Waals surface area contributed by atoms with Gasteiger partial charge in [0.15, 0.2) is 5.96 Å². The SMILES string of the molecule is CCNC(=NCC1(C)CCCO1)NCCCNC(=O)c1ccccc1. The Balaban J connectivity index is 1.67. The van der Waals surface area contributed by atoms with Crippen molar-refractivity contribution in [2.24, 2.45) is 4.99 Å². The van der Waals surface area contributed by atoms with Crippen LogP contribution in [-0.2, 0) is 4.74 Å². The lowest BCUT2D eigenvalue weighted by Gasteiger charge is -2.21. The van der Waals surface area contributed by atoms with Gasteiger partial charge in [-0.15, -0.1) is 0 Å². The second kappa shape index (κ2) is 10.0. The predicted octanol–water partition coefficient (Wildman–Crippen LogP) is 1.93. The van der Waals surface area contributed by atoms with Crippen molar-refractivity contribution >= 4 is 11.9 Å². The molecule has 0 bridgehead atoms. The maximum atomic E-state index is 11.9. The van der Waals surface area contributed by atoms with Gasteiger partial charge in [-0.1, -0.05) is 18.2 Å². The average molecular weight is 346 g/mol. The van der Waals surface area contributed by atoms with Crippen LogP contribution in [0.3, 0.4) is 0 Å². The number of aliphatic imine (C=N–C) groups is 1. The standard InChI is InChI=1S/C19H30N4O2/c1-3-20-18(23-15-19(2)11-7-14-25-19)22-13-8-12-21-17(24)16-9-5-4-6-10-16/h4-6,9-10H,3,7-8,11-15H2,1-2H3,(H,21,24)(H2,20,22,23). The number of benzene rings is 1. The fourth-order valence-electron chi connectivity index (χ4n) is 2.74. The van der Waals surface area contributed by atoms with Crippen LogP contribution in [0.25, 0.3) is 0 Å². The van der Waals surface area contributed by atoms with Crippen LogP contribution in [0, 0.1) is 0 Å². The third-order valence-electron chi connectivity index (χ3n) is 4.18. The lowest BCUT2D eigenvalue weighted by atomic mass is 10.0. The Morgan fingerprint density at radius 2 is 1.96 bits per heavy atom. The summed E-state index contributed by atoms with van der Waals surface area (Å²) in [6.07, 6.45) is 3.00. The topological polar surface area (TPSA) is 74.8 Å². The summed E-state index contributed by atoms with van der Waals surface area (Å²) in [5.74, 6) is 0.765. The van der Waals surface area contributed by atoms with Crippen LogP contribution in [0.15, 0.2) is 35.3 Å². The molecule has 3 N–H and O–H groups in total. The number of guanidine groups is 1. The molecule has 1 aromatic carbocycles. The summed E-state index contributed by atoms with van der Waals surface area (Å²) in [4.78, 5) is 16.6. The molecule has 1 atom stereocenters. The Morgan fingerprint density at radius 3 is 2.64 bits per heavy atom. The van der Waals surface area contributed by atoms with Crippen LogP contribution in [0.5, 0.6) is 0 Å². The molecule has 1 fully saturated rings. The number of carbonyl (C=O) groups is 1. The van der Waals surface area contributed by atoms with E-state index in [-0.39, 0.29) is 11.5 Å². The summed E-state index contributed by atoms with van der Waals surface area (Å²) >= 11 is 0. The first kappa shape index (κ1) is 19.2. The lowest BCUT2D eigenvalue weighted by Crippen LogP contribution is -2.40. The molecule has 0 aromatic heterocycles. The fraction of sp³-hybridized carbons (Fsp3) is 0.579. The Labute approximate surface area is 150 Å². The molecule has 1 aliphatic heterocycles. The maximum Gasteiger partial charge on any atom is 0.251 e. The molecule has 1 aromatic rings. The van der Waals surface area contributed by atoms with Gasteiger partial charge in [0.05, 0.1) is 12.1 Å². The molecule has 138 valence electrons. The maximum absolute atomic E-state index is 11.9. The molecule has 1 aliphatic rings. The largest absolute Gasteiger partial charge is 0.373 e. The van der Waals surface area contributed by atoms with Crippen molar-refractivity contribution in [3.63, 3.8) is 0 Å². The Kier molecular flexibility index (Phi) is 7.73. The highest BCUT2D eigenvalue weighted by atomic mass is 16.5. The van der Waals surface area contributed by atoms with E-state index in [1.165, 1.54) is 0 Å². The van der Waals surface area contributed by atoms with Crippen molar-refractivity contribution in [2.45, 2.75) is 38.7 Å². The number of nitrogens with zero attached hydrogens (tertiary/aromatic N) is 1. The molecule has 25 heavy (non-hydrogen) atoms. The van der Waals surface area contributed by atoms with Crippen LogP contribution >= 0.6 is 0 Å². The van der Waals surface area contributed by atoms with Crippen molar-refractivity contribution in [3.8, 4) is 0 Å². The number of ether oxygens (including phenoxy) is 1. The molecule has 0 spiro atoms. The number of rotatable bonds is 8. The Bertz CT molecular complexity index is 554. The molecular formula is C19H30N4O2. The van der Waals surface area contributed by atoms with Gasteiger partial charge in [0.2, 0.25) is 0 Å². The highest BCUT2D eigenvalue weighted by molar-refractivity contribution is 5.94. The second-order valence-corrected chi connectivity index (χ2v) is 6.50. The zero-order valence-corrected chi connectivity index (χ0v) is 15.3. The first-order chi connectivity index (χ1) is 12.1. The quantitative estimate of drug-likeness (QED) is 0.382. The van der Waals surface area contributed by atoms with E-state index in [2.05, 4.69) is 27.9 Å². The molecular weight excluding hydrogens is 316 g/mol.